The number of aromatic nitrogens is 2. The van der Waals surface area contributed by atoms with Gasteiger partial charge in [0.05, 0.1) is 16.4 Å². The summed E-state index contributed by atoms with van der Waals surface area (Å²) in [7, 11) is 0. The topological polar surface area (TPSA) is 34.9 Å². The van der Waals surface area contributed by atoms with Crippen molar-refractivity contribution in [3.8, 4) is 16.9 Å². The quantitative estimate of drug-likeness (QED) is 0.288. The highest BCUT2D eigenvalue weighted by atomic mass is 35.5. The number of carbonyl (C=O) groups is 1. The molecule has 0 bridgehead atoms. The smallest absolute Gasteiger partial charge is 0.213 e. The van der Waals surface area contributed by atoms with Gasteiger partial charge in [0.2, 0.25) is 5.78 Å². The minimum absolute atomic E-state index is 0.139. The maximum atomic E-state index is 13.4. The van der Waals surface area contributed by atoms with Crippen LogP contribution in [0.25, 0.3) is 16.9 Å². The first-order valence-corrected chi connectivity index (χ1v) is 10.8. The van der Waals surface area contributed by atoms with E-state index < -0.39 is 0 Å². The van der Waals surface area contributed by atoms with Crippen molar-refractivity contribution >= 4 is 40.6 Å². The Morgan fingerprint density at radius 3 is 2.13 bits per heavy atom. The number of rotatable bonds is 4. The van der Waals surface area contributed by atoms with Crippen LogP contribution in [0.15, 0.2) is 60.7 Å². The van der Waals surface area contributed by atoms with E-state index in [0.29, 0.717) is 32.0 Å². The van der Waals surface area contributed by atoms with Crippen LogP contribution >= 0.6 is 34.8 Å². The predicted octanol–water partition coefficient (Wildman–Crippen LogP) is 7.66. The molecule has 31 heavy (non-hydrogen) atoms. The molecule has 1 heterocycles. The van der Waals surface area contributed by atoms with Crippen LogP contribution in [-0.2, 0) is 0 Å². The molecule has 0 saturated heterocycles. The van der Waals surface area contributed by atoms with E-state index in [2.05, 4.69) is 0 Å². The maximum Gasteiger partial charge on any atom is 0.213 e. The zero-order valence-electron chi connectivity index (χ0n) is 17.2. The Labute approximate surface area is 196 Å². The SMILES string of the molecule is Cc1ccc(C(=O)c2nn(-c3ccc(Cl)cc3Cl)c(-c3ccc(Cl)cc3)c2C)cc1C. The lowest BCUT2D eigenvalue weighted by atomic mass is 9.99. The van der Waals surface area contributed by atoms with Gasteiger partial charge in [-0.2, -0.15) is 5.10 Å². The number of benzene rings is 3. The van der Waals surface area contributed by atoms with Crippen LogP contribution in [0, 0.1) is 20.8 Å². The molecule has 0 aliphatic rings. The van der Waals surface area contributed by atoms with E-state index in [1.165, 1.54) is 0 Å². The van der Waals surface area contributed by atoms with Crippen molar-refractivity contribution in [2.24, 2.45) is 0 Å². The van der Waals surface area contributed by atoms with E-state index in [1.807, 2.05) is 63.2 Å². The van der Waals surface area contributed by atoms with Gasteiger partial charge in [-0.05, 0) is 68.3 Å². The molecule has 0 amide bonds. The molecule has 1 aromatic heterocycles. The Morgan fingerprint density at radius 1 is 0.806 bits per heavy atom. The van der Waals surface area contributed by atoms with Gasteiger partial charge >= 0.3 is 0 Å². The lowest BCUT2D eigenvalue weighted by molar-refractivity contribution is 0.103. The number of carbonyl (C=O) groups excluding carboxylic acids is 1. The Morgan fingerprint density at radius 2 is 1.48 bits per heavy atom. The number of halogens is 3. The minimum atomic E-state index is -0.139. The Hall–Kier alpha value is -2.59. The molecule has 6 heteroatoms. The molecular formula is C25H19Cl3N2O. The van der Waals surface area contributed by atoms with Crippen molar-refractivity contribution in [2.45, 2.75) is 20.8 Å². The number of nitrogens with zero attached hydrogens (tertiary/aromatic N) is 2. The summed E-state index contributed by atoms with van der Waals surface area (Å²) in [6.45, 7) is 5.90. The van der Waals surface area contributed by atoms with Gasteiger partial charge in [0.15, 0.2) is 0 Å². The van der Waals surface area contributed by atoms with Crippen LogP contribution < -0.4 is 0 Å². The van der Waals surface area contributed by atoms with Gasteiger partial charge in [-0.15, -0.1) is 0 Å². The van der Waals surface area contributed by atoms with Gasteiger partial charge < -0.3 is 0 Å². The van der Waals surface area contributed by atoms with Crippen molar-refractivity contribution in [2.75, 3.05) is 0 Å². The van der Waals surface area contributed by atoms with Crippen molar-refractivity contribution in [3.05, 3.63) is 104 Å². The third-order valence-corrected chi connectivity index (χ3v) is 6.15. The molecule has 0 aliphatic heterocycles. The van der Waals surface area contributed by atoms with E-state index in [1.54, 1.807) is 22.9 Å². The van der Waals surface area contributed by atoms with Crippen molar-refractivity contribution in [1.82, 2.24) is 9.78 Å². The van der Waals surface area contributed by atoms with E-state index in [0.717, 1.165) is 27.9 Å². The minimum Gasteiger partial charge on any atom is -0.287 e. The zero-order valence-corrected chi connectivity index (χ0v) is 19.5. The van der Waals surface area contributed by atoms with E-state index >= 15 is 0 Å². The average Bonchev–Trinajstić information content (AvgIpc) is 3.07. The highest BCUT2D eigenvalue weighted by Gasteiger charge is 2.24. The number of hydrogen-bond acceptors (Lipinski definition) is 2. The lowest BCUT2D eigenvalue weighted by Gasteiger charge is -2.11. The summed E-state index contributed by atoms with van der Waals surface area (Å²) in [6, 6.07) is 18.3. The first kappa shape index (κ1) is 21.6. The molecule has 0 radical (unpaired) electrons. The second-order valence-electron chi connectivity index (χ2n) is 7.46. The van der Waals surface area contributed by atoms with E-state index in [-0.39, 0.29) is 5.78 Å². The van der Waals surface area contributed by atoms with E-state index in [4.69, 9.17) is 39.9 Å². The fraction of sp³-hybridized carbons (Fsp3) is 0.120. The van der Waals surface area contributed by atoms with Gasteiger partial charge in [-0.25, -0.2) is 4.68 Å². The largest absolute Gasteiger partial charge is 0.287 e. The van der Waals surface area contributed by atoms with Crippen LogP contribution in [0.3, 0.4) is 0 Å². The molecule has 0 aliphatic carbocycles. The summed E-state index contributed by atoms with van der Waals surface area (Å²) in [6.07, 6.45) is 0. The van der Waals surface area contributed by atoms with E-state index in [9.17, 15) is 4.79 Å². The second-order valence-corrected chi connectivity index (χ2v) is 8.74. The van der Waals surface area contributed by atoms with Crippen LogP contribution in [0.4, 0.5) is 0 Å². The average molecular weight is 470 g/mol. The molecule has 156 valence electrons. The summed E-state index contributed by atoms with van der Waals surface area (Å²) in [5.41, 5.74) is 6.21. The molecule has 0 N–H and O–H groups in total. The monoisotopic (exact) mass is 468 g/mol. The van der Waals surface area contributed by atoms with Crippen molar-refractivity contribution in [3.63, 3.8) is 0 Å². The van der Waals surface area contributed by atoms with Gasteiger partial charge in [0, 0.05) is 26.7 Å². The number of aryl methyl sites for hydroxylation is 2. The highest BCUT2D eigenvalue weighted by molar-refractivity contribution is 6.35. The fourth-order valence-corrected chi connectivity index (χ4v) is 4.12. The Bertz CT molecular complexity index is 1310. The van der Waals surface area contributed by atoms with Crippen LogP contribution in [0.2, 0.25) is 15.1 Å². The summed E-state index contributed by atoms with van der Waals surface area (Å²) >= 11 is 18.7. The number of ketones is 1. The highest BCUT2D eigenvalue weighted by Crippen LogP contribution is 2.34. The van der Waals surface area contributed by atoms with Crippen LogP contribution in [0.5, 0.6) is 0 Å². The van der Waals surface area contributed by atoms with Crippen molar-refractivity contribution in [1.29, 1.82) is 0 Å². The molecule has 4 aromatic rings. The van der Waals surface area contributed by atoms with Gasteiger partial charge in [-0.1, -0.05) is 59.1 Å². The molecule has 0 fully saturated rings. The molecule has 4 rings (SSSR count). The predicted molar refractivity (Wildman–Crippen MR) is 128 cm³/mol. The Balaban J connectivity index is 1.94. The fourth-order valence-electron chi connectivity index (χ4n) is 3.50. The summed E-state index contributed by atoms with van der Waals surface area (Å²) in [4.78, 5) is 13.4. The third-order valence-electron chi connectivity index (χ3n) is 5.36. The van der Waals surface area contributed by atoms with Gasteiger partial charge in [0.1, 0.15) is 5.69 Å². The molecule has 0 saturated carbocycles. The molecule has 0 unspecified atom stereocenters. The van der Waals surface area contributed by atoms with Crippen molar-refractivity contribution < 1.29 is 4.79 Å². The molecule has 0 atom stereocenters. The summed E-state index contributed by atoms with van der Waals surface area (Å²) in [5.74, 6) is -0.139. The zero-order chi connectivity index (χ0) is 22.3. The van der Waals surface area contributed by atoms with Crippen LogP contribution in [0.1, 0.15) is 32.7 Å². The third kappa shape index (κ3) is 4.14. The lowest BCUT2D eigenvalue weighted by Crippen LogP contribution is -2.06. The molecular weight excluding hydrogens is 451 g/mol. The first-order valence-electron chi connectivity index (χ1n) is 9.69. The number of hydrogen-bond donors (Lipinski definition) is 0. The standard InChI is InChI=1S/C25H19Cl3N2O/c1-14-4-5-18(12-15(14)2)25(31)23-16(3)24(17-6-8-19(26)9-7-17)30(29-23)22-11-10-20(27)13-21(22)28/h4-13H,1-3H3. The molecule has 3 aromatic carbocycles. The second kappa shape index (κ2) is 8.51. The van der Waals surface area contributed by atoms with Crippen LogP contribution in [-0.4, -0.2) is 15.6 Å². The van der Waals surface area contributed by atoms with Gasteiger partial charge in [-0.3, -0.25) is 4.79 Å². The normalized spacial score (nSPS) is 11.0. The molecule has 0 spiro atoms. The maximum absolute atomic E-state index is 13.4. The summed E-state index contributed by atoms with van der Waals surface area (Å²) in [5, 5.41) is 6.30. The molecule has 3 nitrogen and oxygen atoms in total. The summed E-state index contributed by atoms with van der Waals surface area (Å²) < 4.78 is 1.70. The Kier molecular flexibility index (Phi) is 5.94. The first-order chi connectivity index (χ1) is 14.8. The van der Waals surface area contributed by atoms with Gasteiger partial charge in [0.25, 0.3) is 0 Å².